The van der Waals surface area contributed by atoms with E-state index in [2.05, 4.69) is 10.3 Å². The maximum absolute atomic E-state index is 14.8. The number of pyridine rings is 1. The summed E-state index contributed by atoms with van der Waals surface area (Å²) >= 11 is 5.97. The molecule has 2 aromatic rings. The number of likely N-dealkylation sites (N-methyl/N-ethyl adjacent to an activating group) is 1. The number of fused-ring (bicyclic) bond motifs is 1. The van der Waals surface area contributed by atoms with Crippen molar-refractivity contribution in [3.8, 4) is 0 Å². The number of nitrogens with one attached hydrogen (secondary N) is 1. The summed E-state index contributed by atoms with van der Waals surface area (Å²) in [6.07, 6.45) is 1.32. The van der Waals surface area contributed by atoms with Crippen molar-refractivity contribution in [2.24, 2.45) is 0 Å². The van der Waals surface area contributed by atoms with Gasteiger partial charge in [-0.25, -0.2) is 13.2 Å². The molecule has 10 heteroatoms. The van der Waals surface area contributed by atoms with Gasteiger partial charge in [-0.3, -0.25) is 14.6 Å². The molecule has 0 atom stereocenters. The van der Waals surface area contributed by atoms with Crippen LogP contribution in [0.25, 0.3) is 0 Å². The van der Waals surface area contributed by atoms with E-state index in [0.29, 0.717) is 26.2 Å². The van der Waals surface area contributed by atoms with E-state index in [1.807, 2.05) is 11.9 Å². The Morgan fingerprint density at radius 3 is 2.47 bits per heavy atom. The third-order valence-corrected chi connectivity index (χ3v) is 5.51. The van der Waals surface area contributed by atoms with Crippen LogP contribution < -0.4 is 10.2 Å². The van der Waals surface area contributed by atoms with Gasteiger partial charge in [0.15, 0.2) is 17.5 Å². The number of carbonyl (C=O) groups is 2. The second kappa shape index (κ2) is 7.73. The zero-order valence-corrected chi connectivity index (χ0v) is 16.6. The summed E-state index contributed by atoms with van der Waals surface area (Å²) in [6, 6.07) is 3.65. The first kappa shape index (κ1) is 20.4. The number of Topliss-reactive ketones (excluding diaryl/α,β-unsaturated/α-hetero) is 2. The Morgan fingerprint density at radius 2 is 1.77 bits per heavy atom. The number of halogens is 4. The summed E-state index contributed by atoms with van der Waals surface area (Å²) < 4.78 is 44.3. The van der Waals surface area contributed by atoms with Crippen LogP contribution in [-0.4, -0.2) is 54.7 Å². The SMILES string of the molecule is CN1CCN(c2cc(F)c(NC3=C(Cl)C(=O)c4ncccc4C3=O)c(F)c2F)CC1. The van der Waals surface area contributed by atoms with E-state index in [1.165, 1.54) is 18.3 Å². The average molecular weight is 437 g/mol. The molecule has 1 aromatic heterocycles. The summed E-state index contributed by atoms with van der Waals surface area (Å²) in [5.41, 5.74) is -1.86. The Morgan fingerprint density at radius 1 is 1.07 bits per heavy atom. The predicted molar refractivity (Wildman–Crippen MR) is 105 cm³/mol. The number of benzene rings is 1. The van der Waals surface area contributed by atoms with Gasteiger partial charge in [-0.2, -0.15) is 0 Å². The molecule has 1 fully saturated rings. The highest BCUT2D eigenvalue weighted by Crippen LogP contribution is 2.34. The fraction of sp³-hybridized carbons (Fsp3) is 0.250. The number of aromatic nitrogens is 1. The van der Waals surface area contributed by atoms with Crippen LogP contribution in [0.15, 0.2) is 35.1 Å². The Balaban J connectivity index is 1.70. The number of piperazine rings is 1. The van der Waals surface area contributed by atoms with Crippen LogP contribution in [0.3, 0.4) is 0 Å². The Labute approximate surface area is 174 Å². The van der Waals surface area contributed by atoms with Crippen molar-refractivity contribution in [3.63, 3.8) is 0 Å². The maximum Gasteiger partial charge on any atom is 0.225 e. The molecule has 156 valence electrons. The Kier molecular flexibility index (Phi) is 5.25. The monoisotopic (exact) mass is 436 g/mol. The molecule has 0 bridgehead atoms. The first-order valence-corrected chi connectivity index (χ1v) is 9.49. The molecule has 1 saturated heterocycles. The fourth-order valence-electron chi connectivity index (χ4n) is 3.43. The molecule has 1 aliphatic heterocycles. The first-order valence-electron chi connectivity index (χ1n) is 9.11. The van der Waals surface area contributed by atoms with Crippen LogP contribution in [0.4, 0.5) is 24.5 Å². The first-order chi connectivity index (χ1) is 14.3. The van der Waals surface area contributed by atoms with Crippen LogP contribution in [0.5, 0.6) is 0 Å². The van der Waals surface area contributed by atoms with Crippen molar-refractivity contribution >= 4 is 34.5 Å². The molecular formula is C20H16ClF3N4O2. The van der Waals surface area contributed by atoms with Gasteiger partial charge in [0.25, 0.3) is 0 Å². The third kappa shape index (κ3) is 3.33. The number of hydrogen-bond acceptors (Lipinski definition) is 6. The number of ketones is 2. The summed E-state index contributed by atoms with van der Waals surface area (Å²) in [4.78, 5) is 32.4. The molecule has 30 heavy (non-hydrogen) atoms. The van der Waals surface area contributed by atoms with Crippen LogP contribution >= 0.6 is 11.6 Å². The lowest BCUT2D eigenvalue weighted by molar-refractivity contribution is 0.0978. The summed E-state index contributed by atoms with van der Waals surface area (Å²) in [6.45, 7) is 2.06. The lowest BCUT2D eigenvalue weighted by Crippen LogP contribution is -2.45. The van der Waals surface area contributed by atoms with E-state index in [0.717, 1.165) is 6.07 Å². The molecule has 1 N–H and O–H groups in total. The van der Waals surface area contributed by atoms with Gasteiger partial charge < -0.3 is 15.1 Å². The van der Waals surface area contributed by atoms with Crippen molar-refractivity contribution in [1.82, 2.24) is 9.88 Å². The van der Waals surface area contributed by atoms with Crippen molar-refractivity contribution in [3.05, 3.63) is 63.8 Å². The predicted octanol–water partition coefficient (Wildman–Crippen LogP) is 3.19. The van der Waals surface area contributed by atoms with Gasteiger partial charge in [0.05, 0.1) is 11.3 Å². The topological polar surface area (TPSA) is 65.5 Å². The van der Waals surface area contributed by atoms with Crippen LogP contribution in [0.2, 0.25) is 0 Å². The zero-order valence-electron chi connectivity index (χ0n) is 15.8. The molecule has 6 nitrogen and oxygen atoms in total. The molecule has 0 saturated carbocycles. The van der Waals surface area contributed by atoms with Crippen molar-refractivity contribution in [2.45, 2.75) is 0 Å². The second-order valence-corrected chi connectivity index (χ2v) is 7.42. The smallest absolute Gasteiger partial charge is 0.225 e. The molecule has 0 amide bonds. The standard InChI is InChI=1S/C20H16ClF3N4O2/c1-27-5-7-28(8-6-27)12-9-11(22)17(15(24)14(12)23)26-18-13(21)20(30)16-10(19(18)29)3-2-4-25-16/h2-4,9,26H,5-8H2,1H3. The molecule has 0 spiro atoms. The molecular weight excluding hydrogens is 421 g/mol. The zero-order chi connectivity index (χ0) is 21.6. The minimum Gasteiger partial charge on any atom is -0.366 e. The van der Waals surface area contributed by atoms with E-state index in [1.54, 1.807) is 4.90 Å². The van der Waals surface area contributed by atoms with E-state index >= 15 is 0 Å². The molecule has 4 rings (SSSR count). The summed E-state index contributed by atoms with van der Waals surface area (Å²) in [5, 5.41) is 1.62. The molecule has 2 heterocycles. The van der Waals surface area contributed by atoms with Crippen molar-refractivity contribution in [1.29, 1.82) is 0 Å². The highest BCUT2D eigenvalue weighted by Gasteiger charge is 2.34. The largest absolute Gasteiger partial charge is 0.366 e. The van der Waals surface area contributed by atoms with E-state index < -0.39 is 45.4 Å². The van der Waals surface area contributed by atoms with Gasteiger partial charge >= 0.3 is 0 Å². The molecule has 0 radical (unpaired) electrons. The molecule has 0 unspecified atom stereocenters. The van der Waals surface area contributed by atoms with Crippen molar-refractivity contribution < 1.29 is 22.8 Å². The fourth-order valence-corrected chi connectivity index (χ4v) is 3.66. The Bertz CT molecular complexity index is 1100. The van der Waals surface area contributed by atoms with Crippen LogP contribution in [0.1, 0.15) is 20.8 Å². The van der Waals surface area contributed by atoms with Gasteiger partial charge in [-0.1, -0.05) is 11.6 Å². The summed E-state index contributed by atoms with van der Waals surface area (Å²) in [5.74, 6) is -5.42. The number of carbonyl (C=O) groups excluding carboxylic acids is 2. The van der Waals surface area contributed by atoms with E-state index in [9.17, 15) is 22.8 Å². The number of nitrogens with zero attached hydrogens (tertiary/aromatic N) is 3. The number of allylic oxidation sites excluding steroid dienone is 2. The van der Waals surface area contributed by atoms with E-state index in [4.69, 9.17) is 11.6 Å². The highest BCUT2D eigenvalue weighted by molar-refractivity contribution is 6.50. The third-order valence-electron chi connectivity index (χ3n) is 5.15. The molecule has 1 aliphatic carbocycles. The minimum absolute atomic E-state index is 0.0651. The normalized spacial score (nSPS) is 17.4. The van der Waals surface area contributed by atoms with Gasteiger partial charge in [0.1, 0.15) is 22.1 Å². The Hall–Kier alpha value is -2.91. The van der Waals surface area contributed by atoms with Gasteiger partial charge in [-0.05, 0) is 19.2 Å². The van der Waals surface area contributed by atoms with Crippen molar-refractivity contribution in [2.75, 3.05) is 43.4 Å². The summed E-state index contributed by atoms with van der Waals surface area (Å²) in [7, 11) is 1.90. The average Bonchev–Trinajstić information content (AvgIpc) is 2.75. The number of hydrogen-bond donors (Lipinski definition) is 1. The number of anilines is 2. The number of rotatable bonds is 3. The van der Waals surface area contributed by atoms with Gasteiger partial charge in [0.2, 0.25) is 11.6 Å². The lowest BCUT2D eigenvalue weighted by Gasteiger charge is -2.34. The second-order valence-electron chi connectivity index (χ2n) is 7.04. The molecule has 1 aromatic carbocycles. The quantitative estimate of drug-likeness (QED) is 0.745. The van der Waals surface area contributed by atoms with Crippen LogP contribution in [0, 0.1) is 17.5 Å². The van der Waals surface area contributed by atoms with Gasteiger partial charge in [0, 0.05) is 38.4 Å². The molecule has 2 aliphatic rings. The minimum atomic E-state index is -1.50. The van der Waals surface area contributed by atoms with E-state index in [-0.39, 0.29) is 16.9 Å². The lowest BCUT2D eigenvalue weighted by atomic mass is 9.96. The highest BCUT2D eigenvalue weighted by atomic mass is 35.5. The maximum atomic E-state index is 14.8. The van der Waals surface area contributed by atoms with Gasteiger partial charge in [-0.15, -0.1) is 0 Å². The van der Waals surface area contributed by atoms with Crippen LogP contribution in [-0.2, 0) is 0 Å².